The van der Waals surface area contributed by atoms with Crippen LogP contribution in [0.1, 0.15) is 35.3 Å². The van der Waals surface area contributed by atoms with Gasteiger partial charge in [-0.15, -0.1) is 0 Å². The van der Waals surface area contributed by atoms with Crippen LogP contribution in [0.4, 0.5) is 0 Å². The Bertz CT molecular complexity index is 851. The number of carbonyl (C=O) groups excluding carboxylic acids is 1. The molecule has 0 saturated carbocycles. The van der Waals surface area contributed by atoms with Gasteiger partial charge in [-0.05, 0) is 42.2 Å². The monoisotopic (exact) mass is 347 g/mol. The first kappa shape index (κ1) is 17.9. The highest BCUT2D eigenvalue weighted by atomic mass is 16.2. The lowest BCUT2D eigenvalue weighted by Gasteiger charge is -2.16. The van der Waals surface area contributed by atoms with Crippen LogP contribution < -0.4 is 0 Å². The number of hydrogen-bond acceptors (Lipinski definition) is 2. The van der Waals surface area contributed by atoms with Gasteiger partial charge in [0, 0.05) is 30.9 Å². The molecule has 2 aromatic carbocycles. The normalized spacial score (nSPS) is 10.9. The SMILES string of the molecule is CC(C)Cc1ccc(C(=O)N(C)Cc2cnn(-c3ccccc3)c2)cc1. The lowest BCUT2D eigenvalue weighted by molar-refractivity contribution is 0.0785. The van der Waals surface area contributed by atoms with Crippen LogP contribution in [0, 0.1) is 5.92 Å². The summed E-state index contributed by atoms with van der Waals surface area (Å²) in [7, 11) is 1.82. The van der Waals surface area contributed by atoms with Crippen LogP contribution in [0.15, 0.2) is 67.0 Å². The first-order valence-electron chi connectivity index (χ1n) is 8.96. The molecule has 0 N–H and O–H groups in total. The van der Waals surface area contributed by atoms with E-state index in [0.717, 1.165) is 23.2 Å². The minimum atomic E-state index is 0.0218. The van der Waals surface area contributed by atoms with E-state index in [4.69, 9.17) is 0 Å². The number of aromatic nitrogens is 2. The first-order valence-corrected chi connectivity index (χ1v) is 8.96. The van der Waals surface area contributed by atoms with Crippen molar-refractivity contribution in [1.29, 1.82) is 0 Å². The van der Waals surface area contributed by atoms with Crippen molar-refractivity contribution in [3.05, 3.63) is 83.7 Å². The summed E-state index contributed by atoms with van der Waals surface area (Å²) in [5.41, 5.74) is 3.99. The molecular formula is C22H25N3O. The molecule has 0 unspecified atom stereocenters. The van der Waals surface area contributed by atoms with Gasteiger partial charge in [-0.25, -0.2) is 4.68 Å². The summed E-state index contributed by atoms with van der Waals surface area (Å²) in [5.74, 6) is 0.633. The van der Waals surface area contributed by atoms with E-state index in [1.165, 1.54) is 5.56 Å². The van der Waals surface area contributed by atoms with E-state index in [1.54, 1.807) is 4.90 Å². The predicted octanol–water partition coefficient (Wildman–Crippen LogP) is 4.34. The van der Waals surface area contributed by atoms with E-state index in [1.807, 2.05) is 66.6 Å². The molecule has 1 amide bonds. The zero-order valence-corrected chi connectivity index (χ0v) is 15.6. The molecule has 0 aliphatic rings. The van der Waals surface area contributed by atoms with Crippen molar-refractivity contribution in [3.63, 3.8) is 0 Å². The van der Waals surface area contributed by atoms with Gasteiger partial charge in [0.1, 0.15) is 0 Å². The zero-order chi connectivity index (χ0) is 18.5. The summed E-state index contributed by atoms with van der Waals surface area (Å²) >= 11 is 0. The number of para-hydroxylation sites is 1. The zero-order valence-electron chi connectivity index (χ0n) is 15.6. The second-order valence-electron chi connectivity index (χ2n) is 7.08. The second-order valence-corrected chi connectivity index (χ2v) is 7.08. The van der Waals surface area contributed by atoms with E-state index in [9.17, 15) is 4.79 Å². The van der Waals surface area contributed by atoms with Crippen molar-refractivity contribution in [2.24, 2.45) is 5.92 Å². The Morgan fingerprint density at radius 1 is 1.04 bits per heavy atom. The van der Waals surface area contributed by atoms with Gasteiger partial charge in [0.25, 0.3) is 5.91 Å². The number of hydrogen-bond donors (Lipinski definition) is 0. The molecule has 0 saturated heterocycles. The van der Waals surface area contributed by atoms with Crippen molar-refractivity contribution < 1.29 is 4.79 Å². The lowest BCUT2D eigenvalue weighted by atomic mass is 10.0. The van der Waals surface area contributed by atoms with Crippen molar-refractivity contribution in [3.8, 4) is 5.69 Å². The molecule has 0 bridgehead atoms. The Hall–Kier alpha value is -2.88. The molecule has 1 aromatic heterocycles. The molecule has 0 aliphatic carbocycles. The van der Waals surface area contributed by atoms with Gasteiger partial charge in [-0.1, -0.05) is 44.2 Å². The van der Waals surface area contributed by atoms with Crippen LogP contribution in [-0.2, 0) is 13.0 Å². The highest BCUT2D eigenvalue weighted by Crippen LogP contribution is 2.13. The van der Waals surface area contributed by atoms with Crippen molar-refractivity contribution in [2.75, 3.05) is 7.05 Å². The van der Waals surface area contributed by atoms with Crippen molar-refractivity contribution in [2.45, 2.75) is 26.8 Å². The minimum Gasteiger partial charge on any atom is -0.337 e. The predicted molar refractivity (Wildman–Crippen MR) is 104 cm³/mol. The molecule has 1 heterocycles. The summed E-state index contributed by atoms with van der Waals surface area (Å²) in [6, 6.07) is 17.9. The van der Waals surface area contributed by atoms with Gasteiger partial charge in [-0.3, -0.25) is 4.79 Å². The molecule has 134 valence electrons. The fourth-order valence-corrected chi connectivity index (χ4v) is 2.98. The summed E-state index contributed by atoms with van der Waals surface area (Å²) in [4.78, 5) is 14.4. The number of rotatable bonds is 6. The third kappa shape index (κ3) is 4.39. The molecular weight excluding hydrogens is 322 g/mol. The highest BCUT2D eigenvalue weighted by molar-refractivity contribution is 5.94. The van der Waals surface area contributed by atoms with Crippen LogP contribution in [0.25, 0.3) is 5.69 Å². The largest absolute Gasteiger partial charge is 0.337 e. The molecule has 0 spiro atoms. The fraction of sp³-hybridized carbons (Fsp3) is 0.273. The van der Waals surface area contributed by atoms with Gasteiger partial charge >= 0.3 is 0 Å². The number of nitrogens with zero attached hydrogens (tertiary/aromatic N) is 3. The lowest BCUT2D eigenvalue weighted by Crippen LogP contribution is -2.26. The van der Waals surface area contributed by atoms with E-state index < -0.39 is 0 Å². The number of benzene rings is 2. The van der Waals surface area contributed by atoms with Gasteiger partial charge < -0.3 is 4.90 Å². The molecule has 0 fully saturated rings. The van der Waals surface area contributed by atoms with Crippen molar-refractivity contribution in [1.82, 2.24) is 14.7 Å². The van der Waals surface area contributed by atoms with Crippen LogP contribution in [-0.4, -0.2) is 27.6 Å². The second kappa shape index (κ2) is 8.00. The summed E-state index contributed by atoms with van der Waals surface area (Å²) in [6.07, 6.45) is 4.80. The maximum Gasteiger partial charge on any atom is 0.253 e. The fourth-order valence-electron chi connectivity index (χ4n) is 2.98. The molecule has 4 nitrogen and oxygen atoms in total. The van der Waals surface area contributed by atoms with Crippen LogP contribution in [0.3, 0.4) is 0 Å². The third-order valence-corrected chi connectivity index (χ3v) is 4.27. The van der Waals surface area contributed by atoms with E-state index in [0.29, 0.717) is 12.5 Å². The maximum absolute atomic E-state index is 12.7. The molecule has 3 aromatic rings. The van der Waals surface area contributed by atoms with Gasteiger partial charge in [-0.2, -0.15) is 5.10 Å². The summed E-state index contributed by atoms with van der Waals surface area (Å²) in [6.45, 7) is 4.92. The quantitative estimate of drug-likeness (QED) is 0.665. The van der Waals surface area contributed by atoms with E-state index in [2.05, 4.69) is 31.1 Å². The van der Waals surface area contributed by atoms with E-state index >= 15 is 0 Å². The Morgan fingerprint density at radius 3 is 2.38 bits per heavy atom. The summed E-state index contributed by atoms with van der Waals surface area (Å²) in [5, 5.41) is 4.39. The topological polar surface area (TPSA) is 38.1 Å². The van der Waals surface area contributed by atoms with E-state index in [-0.39, 0.29) is 5.91 Å². The maximum atomic E-state index is 12.7. The average Bonchev–Trinajstić information content (AvgIpc) is 3.10. The van der Waals surface area contributed by atoms with Crippen LogP contribution >= 0.6 is 0 Å². The Morgan fingerprint density at radius 2 is 1.73 bits per heavy atom. The summed E-state index contributed by atoms with van der Waals surface area (Å²) < 4.78 is 1.83. The minimum absolute atomic E-state index is 0.0218. The van der Waals surface area contributed by atoms with Crippen molar-refractivity contribution >= 4 is 5.91 Å². The number of carbonyl (C=O) groups is 1. The van der Waals surface area contributed by atoms with Crippen LogP contribution in [0.2, 0.25) is 0 Å². The smallest absolute Gasteiger partial charge is 0.253 e. The first-order chi connectivity index (χ1) is 12.5. The van der Waals surface area contributed by atoms with Gasteiger partial charge in [0.2, 0.25) is 0 Å². The Kier molecular flexibility index (Phi) is 5.52. The Labute approximate surface area is 155 Å². The van der Waals surface area contributed by atoms with Gasteiger partial charge in [0.15, 0.2) is 0 Å². The molecule has 26 heavy (non-hydrogen) atoms. The number of amides is 1. The molecule has 0 radical (unpaired) electrons. The molecule has 3 rings (SSSR count). The van der Waals surface area contributed by atoms with Gasteiger partial charge in [0.05, 0.1) is 11.9 Å². The molecule has 0 aliphatic heterocycles. The third-order valence-electron chi connectivity index (χ3n) is 4.27. The molecule has 0 atom stereocenters. The molecule has 4 heteroatoms. The standard InChI is InChI=1S/C22H25N3O/c1-17(2)13-18-9-11-20(12-10-18)22(26)24(3)15-19-14-23-25(16-19)21-7-5-4-6-8-21/h4-12,14,16-17H,13,15H2,1-3H3. The average molecular weight is 347 g/mol. The highest BCUT2D eigenvalue weighted by Gasteiger charge is 2.13. The Balaban J connectivity index is 1.65. The van der Waals surface area contributed by atoms with Crippen LogP contribution in [0.5, 0.6) is 0 Å².